The lowest BCUT2D eigenvalue weighted by Crippen LogP contribution is -2.34. The molecular formula is C13H18ClN3O. The van der Waals surface area contributed by atoms with E-state index in [0.29, 0.717) is 16.8 Å². The molecule has 0 bridgehead atoms. The van der Waals surface area contributed by atoms with Gasteiger partial charge in [-0.15, -0.1) is 0 Å². The molecule has 18 heavy (non-hydrogen) atoms. The number of rotatable bonds is 2. The van der Waals surface area contributed by atoms with Crippen LogP contribution in [-0.2, 0) is 0 Å². The molecule has 0 spiro atoms. The third-order valence-electron chi connectivity index (χ3n) is 3.40. The number of aromatic nitrogens is 1. The molecule has 0 N–H and O–H groups in total. The lowest BCUT2D eigenvalue weighted by molar-refractivity contribution is 0.0783. The fourth-order valence-corrected chi connectivity index (χ4v) is 2.48. The Balaban J connectivity index is 2.13. The van der Waals surface area contributed by atoms with Crippen LogP contribution in [0.15, 0.2) is 12.1 Å². The van der Waals surface area contributed by atoms with E-state index in [2.05, 4.69) is 9.88 Å². The summed E-state index contributed by atoms with van der Waals surface area (Å²) in [5.41, 5.74) is 1.32. The predicted molar refractivity (Wildman–Crippen MR) is 72.0 cm³/mol. The van der Waals surface area contributed by atoms with Crippen LogP contribution in [0.4, 0.5) is 0 Å². The Morgan fingerprint density at radius 1 is 1.50 bits per heavy atom. The second kappa shape index (κ2) is 5.24. The average molecular weight is 268 g/mol. The van der Waals surface area contributed by atoms with Gasteiger partial charge in [-0.05, 0) is 39.6 Å². The van der Waals surface area contributed by atoms with Crippen LogP contribution in [0, 0.1) is 6.92 Å². The first-order valence-electron chi connectivity index (χ1n) is 6.08. The molecule has 2 rings (SSSR count). The summed E-state index contributed by atoms with van der Waals surface area (Å²) in [6.45, 7) is 3.40. The molecule has 1 amide bonds. The highest BCUT2D eigenvalue weighted by atomic mass is 35.5. The number of hydrogen-bond acceptors (Lipinski definition) is 3. The van der Waals surface area contributed by atoms with Crippen LogP contribution >= 0.6 is 11.6 Å². The van der Waals surface area contributed by atoms with E-state index in [0.717, 1.165) is 25.2 Å². The van der Waals surface area contributed by atoms with Gasteiger partial charge >= 0.3 is 0 Å². The topological polar surface area (TPSA) is 36.4 Å². The zero-order valence-corrected chi connectivity index (χ0v) is 11.7. The smallest absolute Gasteiger partial charge is 0.257 e. The number of amides is 1. The molecule has 4 nitrogen and oxygen atoms in total. The van der Waals surface area contributed by atoms with E-state index < -0.39 is 0 Å². The van der Waals surface area contributed by atoms with Gasteiger partial charge in [-0.2, -0.15) is 0 Å². The van der Waals surface area contributed by atoms with Crippen LogP contribution in [-0.4, -0.2) is 53.9 Å². The molecule has 0 unspecified atom stereocenters. The summed E-state index contributed by atoms with van der Waals surface area (Å²) in [6, 6.07) is 4.01. The summed E-state index contributed by atoms with van der Waals surface area (Å²) in [5, 5.41) is 0.299. The maximum absolute atomic E-state index is 12.3. The molecule has 1 aromatic rings. The van der Waals surface area contributed by atoms with E-state index in [9.17, 15) is 4.79 Å². The maximum atomic E-state index is 12.3. The predicted octanol–water partition coefficient (Wildman–Crippen LogP) is 1.82. The first kappa shape index (κ1) is 13.3. The minimum Gasteiger partial charge on any atom is -0.337 e. The lowest BCUT2D eigenvalue weighted by atomic mass is 10.2. The first-order valence-corrected chi connectivity index (χ1v) is 6.45. The van der Waals surface area contributed by atoms with Crippen LogP contribution in [0.25, 0.3) is 0 Å². The van der Waals surface area contributed by atoms with Crippen molar-refractivity contribution >= 4 is 17.5 Å². The fraction of sp³-hybridized carbons (Fsp3) is 0.538. The van der Waals surface area contributed by atoms with Gasteiger partial charge < -0.3 is 9.80 Å². The standard InChI is InChI=1S/C13H18ClN3O/c1-9-4-5-11(12(14)15-9)13(18)17-7-6-10(8-17)16(2)3/h4-5,10H,6-8H2,1-3H3/t10-/m1/s1. The summed E-state index contributed by atoms with van der Waals surface area (Å²) >= 11 is 6.03. The second-order valence-electron chi connectivity index (χ2n) is 4.95. The van der Waals surface area contributed by atoms with Gasteiger partial charge in [0.1, 0.15) is 5.15 Å². The number of hydrogen-bond donors (Lipinski definition) is 0. The summed E-state index contributed by atoms with van der Waals surface area (Å²) in [7, 11) is 4.08. The molecule has 0 aromatic carbocycles. The molecule has 98 valence electrons. The molecule has 1 aliphatic heterocycles. The molecule has 2 heterocycles. The Kier molecular flexibility index (Phi) is 3.88. The van der Waals surface area contributed by atoms with Gasteiger partial charge in [0.05, 0.1) is 5.56 Å². The second-order valence-corrected chi connectivity index (χ2v) is 5.31. The van der Waals surface area contributed by atoms with Crippen molar-refractivity contribution in [2.45, 2.75) is 19.4 Å². The van der Waals surface area contributed by atoms with E-state index in [-0.39, 0.29) is 5.91 Å². The molecule has 0 aliphatic carbocycles. The SMILES string of the molecule is Cc1ccc(C(=O)N2CC[C@@H](N(C)C)C2)c(Cl)n1. The third kappa shape index (κ3) is 2.65. The molecule has 1 aromatic heterocycles. The molecule has 1 saturated heterocycles. The Bertz CT molecular complexity index is 462. The molecule has 5 heteroatoms. The number of likely N-dealkylation sites (tertiary alicyclic amines) is 1. The van der Waals surface area contributed by atoms with E-state index >= 15 is 0 Å². The highest BCUT2D eigenvalue weighted by molar-refractivity contribution is 6.32. The van der Waals surface area contributed by atoms with Crippen molar-refractivity contribution in [1.29, 1.82) is 0 Å². The van der Waals surface area contributed by atoms with E-state index in [1.807, 2.05) is 32.0 Å². The van der Waals surface area contributed by atoms with Crippen LogP contribution in [0.2, 0.25) is 5.15 Å². The Morgan fingerprint density at radius 3 is 2.78 bits per heavy atom. The highest BCUT2D eigenvalue weighted by Gasteiger charge is 2.29. The zero-order valence-electron chi connectivity index (χ0n) is 11.0. The van der Waals surface area contributed by atoms with Gasteiger partial charge in [0.2, 0.25) is 0 Å². The number of carbonyl (C=O) groups is 1. The van der Waals surface area contributed by atoms with Gasteiger partial charge in [-0.3, -0.25) is 4.79 Å². The minimum absolute atomic E-state index is 0.0168. The Hall–Kier alpha value is -1.13. The van der Waals surface area contributed by atoms with Crippen molar-refractivity contribution in [3.05, 3.63) is 28.5 Å². The van der Waals surface area contributed by atoms with Crippen molar-refractivity contribution in [1.82, 2.24) is 14.8 Å². The first-order chi connectivity index (χ1) is 8.49. The molecule has 1 atom stereocenters. The minimum atomic E-state index is -0.0168. The number of carbonyl (C=O) groups excluding carboxylic acids is 1. The van der Waals surface area contributed by atoms with Gasteiger partial charge in [0, 0.05) is 24.8 Å². The number of halogens is 1. The molecule has 0 saturated carbocycles. The molecular weight excluding hydrogens is 250 g/mol. The molecule has 1 fully saturated rings. The number of likely N-dealkylation sites (N-methyl/N-ethyl adjacent to an activating group) is 1. The maximum Gasteiger partial charge on any atom is 0.257 e. The number of aryl methyl sites for hydroxylation is 1. The van der Waals surface area contributed by atoms with Crippen molar-refractivity contribution in [2.24, 2.45) is 0 Å². The summed E-state index contributed by atoms with van der Waals surface area (Å²) in [4.78, 5) is 20.5. The van der Waals surface area contributed by atoms with E-state index in [1.165, 1.54) is 0 Å². The number of nitrogens with zero attached hydrogens (tertiary/aromatic N) is 3. The Labute approximate surface area is 113 Å². The lowest BCUT2D eigenvalue weighted by Gasteiger charge is -2.20. The van der Waals surface area contributed by atoms with Crippen molar-refractivity contribution in [3.63, 3.8) is 0 Å². The van der Waals surface area contributed by atoms with Crippen molar-refractivity contribution < 1.29 is 4.79 Å². The quantitative estimate of drug-likeness (QED) is 0.767. The highest BCUT2D eigenvalue weighted by Crippen LogP contribution is 2.20. The van der Waals surface area contributed by atoms with Crippen LogP contribution in [0.5, 0.6) is 0 Å². The van der Waals surface area contributed by atoms with Crippen molar-refractivity contribution in [3.8, 4) is 0 Å². The van der Waals surface area contributed by atoms with Crippen LogP contribution in [0.3, 0.4) is 0 Å². The largest absolute Gasteiger partial charge is 0.337 e. The van der Waals surface area contributed by atoms with Gasteiger partial charge in [0.15, 0.2) is 0 Å². The normalized spacial score (nSPS) is 19.6. The zero-order chi connectivity index (χ0) is 13.3. The van der Waals surface area contributed by atoms with Gasteiger partial charge in [-0.1, -0.05) is 11.6 Å². The monoisotopic (exact) mass is 267 g/mol. The summed E-state index contributed by atoms with van der Waals surface area (Å²) in [6.07, 6.45) is 1.01. The number of pyridine rings is 1. The van der Waals surface area contributed by atoms with Crippen LogP contribution in [0.1, 0.15) is 22.5 Å². The van der Waals surface area contributed by atoms with E-state index in [4.69, 9.17) is 11.6 Å². The van der Waals surface area contributed by atoms with E-state index in [1.54, 1.807) is 6.07 Å². The van der Waals surface area contributed by atoms with Crippen LogP contribution < -0.4 is 0 Å². The summed E-state index contributed by atoms with van der Waals surface area (Å²) in [5.74, 6) is -0.0168. The third-order valence-corrected chi connectivity index (χ3v) is 3.69. The molecule has 0 radical (unpaired) electrons. The fourth-order valence-electron chi connectivity index (χ4n) is 2.20. The van der Waals surface area contributed by atoms with Gasteiger partial charge in [0.25, 0.3) is 5.91 Å². The molecule has 1 aliphatic rings. The average Bonchev–Trinajstić information content (AvgIpc) is 2.77. The van der Waals surface area contributed by atoms with Crippen molar-refractivity contribution in [2.75, 3.05) is 27.2 Å². The van der Waals surface area contributed by atoms with Gasteiger partial charge in [-0.25, -0.2) is 4.98 Å². The summed E-state index contributed by atoms with van der Waals surface area (Å²) < 4.78 is 0. The Morgan fingerprint density at radius 2 is 2.22 bits per heavy atom.